The van der Waals surface area contributed by atoms with Gasteiger partial charge in [-0.1, -0.05) is 41.6 Å². The zero-order valence-corrected chi connectivity index (χ0v) is 15.4. The molecule has 0 spiro atoms. The van der Waals surface area contributed by atoms with E-state index in [9.17, 15) is 4.79 Å². The third-order valence-electron chi connectivity index (χ3n) is 4.03. The highest BCUT2D eigenvalue weighted by Crippen LogP contribution is 2.22. The van der Waals surface area contributed by atoms with Crippen LogP contribution in [0.1, 0.15) is 12.8 Å². The first kappa shape index (κ1) is 17.2. The highest BCUT2D eigenvalue weighted by atomic mass is 32.1. The third-order valence-corrected chi connectivity index (χ3v) is 4.89. The summed E-state index contributed by atoms with van der Waals surface area (Å²) in [4.78, 5) is 17.5. The quantitative estimate of drug-likeness (QED) is 0.547. The Morgan fingerprint density at radius 1 is 1.19 bits per heavy atom. The molecule has 4 aromatic rings. The van der Waals surface area contributed by atoms with Gasteiger partial charge in [-0.05, 0) is 41.3 Å². The molecule has 4 rings (SSSR count). The van der Waals surface area contributed by atoms with Crippen LogP contribution in [0.25, 0.3) is 21.5 Å². The van der Waals surface area contributed by atoms with Gasteiger partial charge in [-0.3, -0.25) is 4.79 Å². The zero-order valence-electron chi connectivity index (χ0n) is 14.6. The normalized spacial score (nSPS) is 12.0. The third kappa shape index (κ3) is 3.98. The zero-order chi connectivity index (χ0) is 18.6. The standard InChI is InChI=1S/C20H17N3O3S/c1-13(25-16-9-8-14-5-2-3-6-15(14)11-16)20(24)21-12-18-22-19(23-26-18)17-7-4-10-27-17/h2-11,13H,12H2,1H3,(H,21,24)/t13-/m1/s1. The van der Waals surface area contributed by atoms with Crippen LogP contribution in [0.4, 0.5) is 0 Å². The number of nitrogens with zero attached hydrogens (tertiary/aromatic N) is 2. The van der Waals surface area contributed by atoms with Crippen molar-refractivity contribution in [1.82, 2.24) is 15.5 Å². The van der Waals surface area contributed by atoms with Crippen molar-refractivity contribution in [2.24, 2.45) is 0 Å². The first-order chi connectivity index (χ1) is 13.2. The van der Waals surface area contributed by atoms with Crippen molar-refractivity contribution in [2.75, 3.05) is 0 Å². The molecular formula is C20H17N3O3S. The van der Waals surface area contributed by atoms with Gasteiger partial charge >= 0.3 is 0 Å². The van der Waals surface area contributed by atoms with E-state index in [1.165, 1.54) is 11.3 Å². The SMILES string of the molecule is C[C@@H](Oc1ccc2ccccc2c1)C(=O)NCc1nc(-c2cccs2)no1. The molecule has 7 heteroatoms. The fourth-order valence-electron chi connectivity index (χ4n) is 2.64. The number of nitrogens with one attached hydrogen (secondary N) is 1. The molecule has 1 N–H and O–H groups in total. The lowest BCUT2D eigenvalue weighted by atomic mass is 10.1. The first-order valence-electron chi connectivity index (χ1n) is 8.49. The molecule has 0 radical (unpaired) electrons. The van der Waals surface area contributed by atoms with E-state index in [0.29, 0.717) is 17.5 Å². The number of hydrogen-bond donors (Lipinski definition) is 1. The van der Waals surface area contributed by atoms with Gasteiger partial charge in [0.1, 0.15) is 5.75 Å². The molecule has 1 amide bonds. The lowest BCUT2D eigenvalue weighted by Crippen LogP contribution is -2.35. The van der Waals surface area contributed by atoms with Gasteiger partial charge < -0.3 is 14.6 Å². The molecule has 136 valence electrons. The topological polar surface area (TPSA) is 77.2 Å². The second-order valence-electron chi connectivity index (χ2n) is 5.98. The smallest absolute Gasteiger partial charge is 0.261 e. The number of aromatic nitrogens is 2. The van der Waals surface area contributed by atoms with Crippen LogP contribution in [-0.2, 0) is 11.3 Å². The molecule has 6 nitrogen and oxygen atoms in total. The summed E-state index contributed by atoms with van der Waals surface area (Å²) in [5, 5.41) is 10.8. The van der Waals surface area contributed by atoms with E-state index in [4.69, 9.17) is 9.26 Å². The van der Waals surface area contributed by atoms with Gasteiger partial charge in [0.2, 0.25) is 11.7 Å². The molecule has 0 fully saturated rings. The predicted molar refractivity (Wildman–Crippen MR) is 103 cm³/mol. The monoisotopic (exact) mass is 379 g/mol. The van der Waals surface area contributed by atoms with Gasteiger partial charge in [-0.2, -0.15) is 4.98 Å². The van der Waals surface area contributed by atoms with Crippen LogP contribution in [0.3, 0.4) is 0 Å². The number of benzene rings is 2. The summed E-state index contributed by atoms with van der Waals surface area (Å²) in [6.45, 7) is 1.86. The Kier molecular flexibility index (Phi) is 4.84. The van der Waals surface area contributed by atoms with Crippen molar-refractivity contribution in [3.63, 3.8) is 0 Å². The summed E-state index contributed by atoms with van der Waals surface area (Å²) in [7, 11) is 0. The van der Waals surface area contributed by atoms with Crippen LogP contribution < -0.4 is 10.1 Å². The predicted octanol–water partition coefficient (Wildman–Crippen LogP) is 4.04. The molecule has 0 saturated carbocycles. The van der Waals surface area contributed by atoms with Crippen molar-refractivity contribution in [2.45, 2.75) is 19.6 Å². The second kappa shape index (κ2) is 7.59. The van der Waals surface area contributed by atoms with Gasteiger partial charge in [0.15, 0.2) is 6.10 Å². The molecule has 0 aliphatic rings. The highest BCUT2D eigenvalue weighted by Gasteiger charge is 2.16. The highest BCUT2D eigenvalue weighted by molar-refractivity contribution is 7.13. The van der Waals surface area contributed by atoms with Gasteiger partial charge in [0.05, 0.1) is 11.4 Å². The minimum Gasteiger partial charge on any atom is -0.481 e. The van der Waals surface area contributed by atoms with Crippen molar-refractivity contribution < 1.29 is 14.1 Å². The number of rotatable bonds is 6. The molecule has 2 aromatic carbocycles. The number of thiophene rings is 1. The Morgan fingerprint density at radius 3 is 2.85 bits per heavy atom. The van der Waals surface area contributed by atoms with Crippen LogP contribution in [-0.4, -0.2) is 22.2 Å². The summed E-state index contributed by atoms with van der Waals surface area (Å²) < 4.78 is 10.9. The number of fused-ring (bicyclic) bond motifs is 1. The van der Waals surface area contributed by atoms with Crippen molar-refractivity contribution >= 4 is 28.0 Å². The van der Waals surface area contributed by atoms with Crippen LogP contribution in [0, 0.1) is 0 Å². The molecule has 2 aromatic heterocycles. The van der Waals surface area contributed by atoms with E-state index >= 15 is 0 Å². The molecule has 0 aliphatic carbocycles. The van der Waals surface area contributed by atoms with Crippen LogP contribution in [0.2, 0.25) is 0 Å². The molecule has 0 aliphatic heterocycles. The number of carbonyl (C=O) groups excluding carboxylic acids is 1. The Labute approximate surface area is 159 Å². The van der Waals surface area contributed by atoms with E-state index < -0.39 is 6.10 Å². The maximum Gasteiger partial charge on any atom is 0.261 e. The molecule has 0 unspecified atom stereocenters. The average Bonchev–Trinajstić information content (AvgIpc) is 3.37. The molecule has 0 saturated heterocycles. The van der Waals surface area contributed by atoms with Crippen molar-refractivity contribution in [3.8, 4) is 16.5 Å². The number of amides is 1. The van der Waals surface area contributed by atoms with Crippen LogP contribution >= 0.6 is 11.3 Å². The van der Waals surface area contributed by atoms with Gasteiger partial charge in [-0.15, -0.1) is 11.3 Å². The van der Waals surface area contributed by atoms with Crippen LogP contribution in [0.15, 0.2) is 64.5 Å². The van der Waals surface area contributed by atoms with Crippen molar-refractivity contribution in [3.05, 3.63) is 65.9 Å². The summed E-state index contributed by atoms with van der Waals surface area (Å²) in [5.74, 6) is 1.27. The fourth-order valence-corrected chi connectivity index (χ4v) is 3.29. The minimum atomic E-state index is -0.647. The number of carbonyl (C=O) groups is 1. The summed E-state index contributed by atoms with van der Waals surface area (Å²) in [5.41, 5.74) is 0. The first-order valence-corrected chi connectivity index (χ1v) is 9.36. The molecule has 2 heterocycles. The van der Waals surface area contributed by atoms with E-state index in [1.54, 1.807) is 6.92 Å². The van der Waals surface area contributed by atoms with Gasteiger partial charge in [-0.25, -0.2) is 0 Å². The maximum absolute atomic E-state index is 12.3. The summed E-state index contributed by atoms with van der Waals surface area (Å²) in [6, 6.07) is 17.6. The van der Waals surface area contributed by atoms with Gasteiger partial charge in [0, 0.05) is 0 Å². The summed E-state index contributed by atoms with van der Waals surface area (Å²) in [6.07, 6.45) is -0.647. The fraction of sp³-hybridized carbons (Fsp3) is 0.150. The van der Waals surface area contributed by atoms with Crippen molar-refractivity contribution in [1.29, 1.82) is 0 Å². The average molecular weight is 379 g/mol. The lowest BCUT2D eigenvalue weighted by Gasteiger charge is -2.14. The minimum absolute atomic E-state index is 0.155. The van der Waals surface area contributed by atoms with E-state index in [2.05, 4.69) is 15.5 Å². The molecule has 27 heavy (non-hydrogen) atoms. The Hall–Kier alpha value is -3.19. The van der Waals surface area contributed by atoms with E-state index in [0.717, 1.165) is 15.6 Å². The summed E-state index contributed by atoms with van der Waals surface area (Å²) >= 11 is 1.53. The Morgan fingerprint density at radius 2 is 2.04 bits per heavy atom. The number of hydrogen-bond acceptors (Lipinski definition) is 6. The van der Waals surface area contributed by atoms with Gasteiger partial charge in [0.25, 0.3) is 5.91 Å². The maximum atomic E-state index is 12.3. The largest absolute Gasteiger partial charge is 0.481 e. The molecule has 1 atom stereocenters. The van der Waals surface area contributed by atoms with E-state index in [1.807, 2.05) is 60.0 Å². The number of ether oxygens (including phenoxy) is 1. The Balaban J connectivity index is 1.35. The van der Waals surface area contributed by atoms with E-state index in [-0.39, 0.29) is 12.5 Å². The Bertz CT molecular complexity index is 1060. The molecule has 0 bridgehead atoms. The molecular weight excluding hydrogens is 362 g/mol. The van der Waals surface area contributed by atoms with Crippen LogP contribution in [0.5, 0.6) is 5.75 Å². The lowest BCUT2D eigenvalue weighted by molar-refractivity contribution is -0.127. The second-order valence-corrected chi connectivity index (χ2v) is 6.92.